The second-order valence-electron chi connectivity index (χ2n) is 8.21. The summed E-state index contributed by atoms with van der Waals surface area (Å²) in [6, 6.07) is 14.3. The van der Waals surface area contributed by atoms with E-state index in [0.29, 0.717) is 19.6 Å². The average Bonchev–Trinajstić information content (AvgIpc) is 3.44. The largest absolute Gasteiger partial charge is 0.352 e. The molecule has 2 fully saturated rings. The standard InChI is InChI=1S/C23H27N3O4S/c1-17-4-8-20(9-5-17)26-16-19(14-22(26)27)23(28)24-15-18-6-10-21(11-7-18)31(29,30)25-12-2-3-13-25/h4-11,19H,2-3,12-16H2,1H3,(H,24,28). The summed E-state index contributed by atoms with van der Waals surface area (Å²) >= 11 is 0. The van der Waals surface area contributed by atoms with Crippen LogP contribution >= 0.6 is 0 Å². The molecule has 1 unspecified atom stereocenters. The molecule has 7 nitrogen and oxygen atoms in total. The third-order valence-corrected chi connectivity index (χ3v) is 7.85. The molecule has 0 saturated carbocycles. The molecule has 2 aromatic rings. The number of benzene rings is 2. The Kier molecular flexibility index (Phi) is 6.11. The van der Waals surface area contributed by atoms with Crippen LogP contribution in [0.25, 0.3) is 0 Å². The monoisotopic (exact) mass is 441 g/mol. The number of hydrogen-bond acceptors (Lipinski definition) is 4. The van der Waals surface area contributed by atoms with Crippen molar-refractivity contribution in [3.8, 4) is 0 Å². The van der Waals surface area contributed by atoms with Gasteiger partial charge in [-0.05, 0) is 49.6 Å². The lowest BCUT2D eigenvalue weighted by Gasteiger charge is -2.17. The zero-order valence-corrected chi connectivity index (χ0v) is 18.4. The first-order valence-corrected chi connectivity index (χ1v) is 12.0. The van der Waals surface area contributed by atoms with Gasteiger partial charge in [0.2, 0.25) is 21.8 Å². The third-order valence-electron chi connectivity index (χ3n) is 5.93. The maximum Gasteiger partial charge on any atom is 0.243 e. The summed E-state index contributed by atoms with van der Waals surface area (Å²) in [6.45, 7) is 3.78. The van der Waals surface area contributed by atoms with E-state index in [4.69, 9.17) is 0 Å². The minimum Gasteiger partial charge on any atom is -0.352 e. The van der Waals surface area contributed by atoms with E-state index >= 15 is 0 Å². The van der Waals surface area contributed by atoms with Crippen molar-refractivity contribution in [2.75, 3.05) is 24.5 Å². The number of anilines is 1. The minimum absolute atomic E-state index is 0.0551. The van der Waals surface area contributed by atoms with Gasteiger partial charge in [0.25, 0.3) is 0 Å². The third kappa shape index (κ3) is 4.65. The van der Waals surface area contributed by atoms with E-state index in [9.17, 15) is 18.0 Å². The Morgan fingerprint density at radius 1 is 1.03 bits per heavy atom. The lowest BCUT2D eigenvalue weighted by molar-refractivity contribution is -0.126. The van der Waals surface area contributed by atoms with Crippen LogP contribution in [-0.4, -0.2) is 44.2 Å². The highest BCUT2D eigenvalue weighted by atomic mass is 32.2. The number of carbonyl (C=O) groups is 2. The second kappa shape index (κ2) is 8.80. The van der Waals surface area contributed by atoms with E-state index < -0.39 is 15.9 Å². The van der Waals surface area contributed by atoms with E-state index in [1.54, 1.807) is 29.2 Å². The lowest BCUT2D eigenvalue weighted by Crippen LogP contribution is -2.32. The topological polar surface area (TPSA) is 86.8 Å². The summed E-state index contributed by atoms with van der Waals surface area (Å²) in [7, 11) is -3.44. The van der Waals surface area contributed by atoms with Gasteiger partial charge in [0.1, 0.15) is 0 Å². The first kappa shape index (κ1) is 21.5. The molecule has 2 saturated heterocycles. The van der Waals surface area contributed by atoms with Crippen LogP contribution in [0.4, 0.5) is 5.69 Å². The van der Waals surface area contributed by atoms with Gasteiger partial charge in [0.15, 0.2) is 0 Å². The van der Waals surface area contributed by atoms with Crippen molar-refractivity contribution in [1.29, 1.82) is 0 Å². The zero-order chi connectivity index (χ0) is 22.0. The number of amides is 2. The molecule has 2 aliphatic rings. The van der Waals surface area contributed by atoms with E-state index in [1.807, 2.05) is 31.2 Å². The maximum atomic E-state index is 12.6. The summed E-state index contributed by atoms with van der Waals surface area (Å²) < 4.78 is 26.7. The number of nitrogens with one attached hydrogen (secondary N) is 1. The fraction of sp³-hybridized carbons (Fsp3) is 0.391. The molecule has 0 aromatic heterocycles. The van der Waals surface area contributed by atoms with Crippen LogP contribution in [0.15, 0.2) is 53.4 Å². The molecule has 8 heteroatoms. The van der Waals surface area contributed by atoms with E-state index in [2.05, 4.69) is 5.32 Å². The minimum atomic E-state index is -3.44. The molecule has 2 aliphatic heterocycles. The van der Waals surface area contributed by atoms with Crippen molar-refractivity contribution < 1.29 is 18.0 Å². The molecule has 1 N–H and O–H groups in total. The highest BCUT2D eigenvalue weighted by Crippen LogP contribution is 2.26. The van der Waals surface area contributed by atoms with Gasteiger partial charge in [-0.15, -0.1) is 0 Å². The van der Waals surface area contributed by atoms with Crippen molar-refractivity contribution in [3.63, 3.8) is 0 Å². The van der Waals surface area contributed by atoms with E-state index in [1.165, 1.54) is 4.31 Å². The van der Waals surface area contributed by atoms with Crippen LogP contribution in [0.3, 0.4) is 0 Å². The van der Waals surface area contributed by atoms with Crippen LogP contribution < -0.4 is 10.2 Å². The Bertz CT molecular complexity index is 1060. The molecule has 0 spiro atoms. The van der Waals surface area contributed by atoms with Crippen LogP contribution in [0.1, 0.15) is 30.4 Å². The van der Waals surface area contributed by atoms with Crippen LogP contribution in [0.2, 0.25) is 0 Å². The summed E-state index contributed by atoms with van der Waals surface area (Å²) in [6.07, 6.45) is 1.98. The number of rotatable bonds is 6. The van der Waals surface area contributed by atoms with Gasteiger partial charge >= 0.3 is 0 Å². The van der Waals surface area contributed by atoms with E-state index in [0.717, 1.165) is 29.7 Å². The highest BCUT2D eigenvalue weighted by Gasteiger charge is 2.35. The van der Waals surface area contributed by atoms with Gasteiger partial charge in [-0.3, -0.25) is 9.59 Å². The molecule has 31 heavy (non-hydrogen) atoms. The Hall–Kier alpha value is -2.71. The SMILES string of the molecule is Cc1ccc(N2CC(C(=O)NCc3ccc(S(=O)(=O)N4CCCC4)cc3)CC2=O)cc1. The van der Waals surface area contributed by atoms with Gasteiger partial charge in [-0.2, -0.15) is 4.31 Å². The molecule has 2 amide bonds. The van der Waals surface area contributed by atoms with Crippen molar-refractivity contribution in [1.82, 2.24) is 9.62 Å². The number of hydrogen-bond donors (Lipinski definition) is 1. The smallest absolute Gasteiger partial charge is 0.243 e. The van der Waals surface area contributed by atoms with Gasteiger partial charge in [-0.1, -0.05) is 29.8 Å². The highest BCUT2D eigenvalue weighted by molar-refractivity contribution is 7.89. The predicted octanol–water partition coefficient (Wildman–Crippen LogP) is 2.45. The van der Waals surface area contributed by atoms with Crippen LogP contribution in [-0.2, 0) is 26.2 Å². The molecular formula is C23H27N3O4S. The van der Waals surface area contributed by atoms with Crippen LogP contribution in [0.5, 0.6) is 0 Å². The number of nitrogens with zero attached hydrogens (tertiary/aromatic N) is 2. The fourth-order valence-corrected chi connectivity index (χ4v) is 5.56. The van der Waals surface area contributed by atoms with Gasteiger partial charge in [0, 0.05) is 38.3 Å². The molecule has 0 bridgehead atoms. The van der Waals surface area contributed by atoms with Gasteiger partial charge < -0.3 is 10.2 Å². The molecule has 1 atom stereocenters. The Morgan fingerprint density at radius 3 is 2.32 bits per heavy atom. The first-order valence-electron chi connectivity index (χ1n) is 10.6. The van der Waals surface area contributed by atoms with Gasteiger partial charge in [0.05, 0.1) is 10.8 Å². The molecule has 164 valence electrons. The summed E-state index contributed by atoms with van der Waals surface area (Å²) in [5.41, 5.74) is 2.73. The first-order chi connectivity index (χ1) is 14.8. The van der Waals surface area contributed by atoms with E-state index in [-0.39, 0.29) is 29.7 Å². The Morgan fingerprint density at radius 2 is 1.68 bits per heavy atom. The van der Waals surface area contributed by atoms with Crippen LogP contribution in [0, 0.1) is 12.8 Å². The molecular weight excluding hydrogens is 414 g/mol. The quantitative estimate of drug-likeness (QED) is 0.746. The number of carbonyl (C=O) groups excluding carboxylic acids is 2. The number of aryl methyl sites for hydroxylation is 1. The van der Waals surface area contributed by atoms with Crippen molar-refractivity contribution in [2.24, 2.45) is 5.92 Å². The fourth-order valence-electron chi connectivity index (χ4n) is 4.05. The number of sulfonamides is 1. The zero-order valence-electron chi connectivity index (χ0n) is 17.6. The molecule has 4 rings (SSSR count). The Balaban J connectivity index is 1.33. The van der Waals surface area contributed by atoms with Crippen molar-refractivity contribution in [3.05, 3.63) is 59.7 Å². The van der Waals surface area contributed by atoms with Crippen molar-refractivity contribution in [2.45, 2.75) is 37.6 Å². The maximum absolute atomic E-state index is 12.6. The van der Waals surface area contributed by atoms with Gasteiger partial charge in [-0.25, -0.2) is 8.42 Å². The van der Waals surface area contributed by atoms with Crippen molar-refractivity contribution >= 4 is 27.5 Å². The normalized spacial score (nSPS) is 19.7. The molecule has 2 heterocycles. The summed E-state index contributed by atoms with van der Waals surface area (Å²) in [5.74, 6) is -0.624. The lowest BCUT2D eigenvalue weighted by atomic mass is 10.1. The molecule has 2 aromatic carbocycles. The molecule has 0 radical (unpaired) electrons. The predicted molar refractivity (Wildman–Crippen MR) is 118 cm³/mol. The second-order valence-corrected chi connectivity index (χ2v) is 10.2. The Labute approximate surface area is 183 Å². The summed E-state index contributed by atoms with van der Waals surface area (Å²) in [4.78, 5) is 26.9. The summed E-state index contributed by atoms with van der Waals surface area (Å²) in [5, 5.41) is 2.88. The molecule has 0 aliphatic carbocycles. The average molecular weight is 442 g/mol.